The fourth-order valence-corrected chi connectivity index (χ4v) is 6.85. The second kappa shape index (κ2) is 12.7. The maximum atomic E-state index is 12.7. The van der Waals surface area contributed by atoms with Crippen LogP contribution >= 0.6 is 0 Å². The second-order valence-corrected chi connectivity index (χ2v) is 13.5. The first kappa shape index (κ1) is 29.7. The predicted molar refractivity (Wildman–Crippen MR) is 166 cm³/mol. The lowest BCUT2D eigenvalue weighted by molar-refractivity contribution is 0.292. The van der Waals surface area contributed by atoms with Crippen molar-refractivity contribution >= 4 is 27.3 Å². The number of piperidine rings is 1. The number of hydrogen-bond donors (Lipinski definition) is 1. The van der Waals surface area contributed by atoms with Crippen LogP contribution in [0.3, 0.4) is 0 Å². The largest absolute Gasteiger partial charge is 0.370 e. The van der Waals surface area contributed by atoms with Crippen LogP contribution in [0.25, 0.3) is 11.4 Å². The molecule has 1 N–H and O–H groups in total. The van der Waals surface area contributed by atoms with E-state index in [9.17, 15) is 12.8 Å². The molecule has 5 heterocycles. The van der Waals surface area contributed by atoms with Gasteiger partial charge in [-0.15, -0.1) is 0 Å². The zero-order chi connectivity index (χ0) is 30.7. The molecule has 0 aromatic carbocycles. The van der Waals surface area contributed by atoms with Crippen molar-refractivity contribution < 1.29 is 12.8 Å². The molecule has 2 fully saturated rings. The number of aryl methyl sites for hydroxylation is 1. The Hall–Kier alpha value is -4.35. The minimum Gasteiger partial charge on any atom is -0.370 e. The van der Waals surface area contributed by atoms with Crippen LogP contribution in [0.4, 0.5) is 21.7 Å². The van der Waals surface area contributed by atoms with Crippen molar-refractivity contribution in [1.29, 1.82) is 0 Å². The number of aromatic nitrogens is 7. The van der Waals surface area contributed by atoms with E-state index >= 15 is 0 Å². The Morgan fingerprint density at radius 3 is 2.73 bits per heavy atom. The summed E-state index contributed by atoms with van der Waals surface area (Å²) in [6.45, 7) is 2.52. The molecule has 4 aromatic rings. The Kier molecular flexibility index (Phi) is 8.58. The first-order chi connectivity index (χ1) is 21.3. The van der Waals surface area contributed by atoms with Gasteiger partial charge in [-0.3, -0.25) is 4.68 Å². The van der Waals surface area contributed by atoms with E-state index in [1.54, 1.807) is 35.5 Å². The van der Waals surface area contributed by atoms with Crippen LogP contribution in [0.1, 0.15) is 36.8 Å². The summed E-state index contributed by atoms with van der Waals surface area (Å²) < 4.78 is 40.4. The van der Waals surface area contributed by atoms with Crippen LogP contribution in [0.2, 0.25) is 0 Å². The monoisotopic (exact) mass is 618 g/mol. The fraction of sp³-hybridized carbons (Fsp3) is 0.433. The lowest BCUT2D eigenvalue weighted by atomic mass is 9.96. The zero-order valence-corrected chi connectivity index (χ0v) is 25.6. The standard InChI is InChI=1S/C30H35FN10O2S/c1-38(2)18-23-4-3-12-39(19-23)27-14-29(33-16-24(27)6-5-22-15-34-40(20-22)13-10-31)36-28-9-11-32-30(37-28)25-17-35-41(21-25)44(42,43)26-7-8-26/h9,11,14-17,20-21,23,26H,3-4,7-8,10,12-13,18-19H2,1-2H3,(H,32,33,36,37)/t23-/m0/s1. The van der Waals surface area contributed by atoms with Gasteiger partial charge in [-0.05, 0) is 51.8 Å². The molecule has 12 nitrogen and oxygen atoms in total. The van der Waals surface area contributed by atoms with Crippen LogP contribution in [0, 0.1) is 17.8 Å². The molecule has 1 saturated heterocycles. The molecule has 1 atom stereocenters. The van der Waals surface area contributed by atoms with Gasteiger partial charge >= 0.3 is 0 Å². The van der Waals surface area contributed by atoms with Crippen molar-refractivity contribution in [3.05, 3.63) is 60.4 Å². The highest BCUT2D eigenvalue weighted by molar-refractivity contribution is 7.90. The van der Waals surface area contributed by atoms with Gasteiger partial charge in [-0.25, -0.2) is 27.8 Å². The van der Waals surface area contributed by atoms with Crippen molar-refractivity contribution in [3.63, 3.8) is 0 Å². The Morgan fingerprint density at radius 1 is 1.07 bits per heavy atom. The molecule has 0 radical (unpaired) electrons. The quantitative estimate of drug-likeness (QED) is 0.265. The second-order valence-electron chi connectivity index (χ2n) is 11.5. The highest BCUT2D eigenvalue weighted by Gasteiger charge is 2.37. The molecule has 1 saturated carbocycles. The van der Waals surface area contributed by atoms with E-state index in [2.05, 4.69) is 66.2 Å². The van der Waals surface area contributed by atoms with Crippen LogP contribution < -0.4 is 10.2 Å². The summed E-state index contributed by atoms with van der Waals surface area (Å²) in [6.07, 6.45) is 13.2. The molecule has 14 heteroatoms. The summed E-state index contributed by atoms with van der Waals surface area (Å²) in [7, 11) is 0.715. The number of nitrogens with zero attached hydrogens (tertiary/aromatic N) is 9. The number of alkyl halides is 1. The highest BCUT2D eigenvalue weighted by atomic mass is 32.2. The van der Waals surface area contributed by atoms with Gasteiger partial charge in [0.2, 0.25) is 0 Å². The lowest BCUT2D eigenvalue weighted by Gasteiger charge is -2.36. The molecule has 230 valence electrons. The molecule has 1 aliphatic heterocycles. The number of hydrogen-bond acceptors (Lipinski definition) is 10. The third-order valence-electron chi connectivity index (χ3n) is 7.59. The molecule has 0 spiro atoms. The fourth-order valence-electron chi connectivity index (χ4n) is 5.37. The van der Waals surface area contributed by atoms with Gasteiger partial charge in [0.05, 0.1) is 52.8 Å². The Morgan fingerprint density at radius 2 is 1.93 bits per heavy atom. The maximum absolute atomic E-state index is 12.7. The minimum absolute atomic E-state index is 0.197. The number of anilines is 3. The summed E-state index contributed by atoms with van der Waals surface area (Å²) in [5.41, 5.74) is 2.96. The van der Waals surface area contributed by atoms with Gasteiger partial charge < -0.3 is 15.1 Å². The molecule has 6 rings (SSSR count). The van der Waals surface area contributed by atoms with Crippen molar-refractivity contribution in [1.82, 2.24) is 38.8 Å². The molecule has 0 bridgehead atoms. The van der Waals surface area contributed by atoms with E-state index in [-0.39, 0.29) is 11.8 Å². The first-order valence-electron chi connectivity index (χ1n) is 14.7. The van der Waals surface area contributed by atoms with Crippen LogP contribution in [-0.4, -0.2) is 92.9 Å². The zero-order valence-electron chi connectivity index (χ0n) is 24.8. The first-order valence-corrected chi connectivity index (χ1v) is 16.2. The van der Waals surface area contributed by atoms with Crippen molar-refractivity contribution in [2.24, 2.45) is 5.92 Å². The van der Waals surface area contributed by atoms with E-state index in [0.717, 1.165) is 41.4 Å². The smallest absolute Gasteiger partial charge is 0.256 e. The van der Waals surface area contributed by atoms with Crippen LogP contribution in [0.15, 0.2) is 49.3 Å². The molecular formula is C30H35FN10O2S. The molecule has 1 aliphatic carbocycles. The van der Waals surface area contributed by atoms with Gasteiger partial charge in [0.1, 0.15) is 18.3 Å². The van der Waals surface area contributed by atoms with Gasteiger partial charge in [0, 0.05) is 44.3 Å². The third-order valence-corrected chi connectivity index (χ3v) is 9.62. The number of pyridine rings is 1. The maximum Gasteiger partial charge on any atom is 0.256 e. The molecule has 0 amide bonds. The molecule has 2 aliphatic rings. The average Bonchev–Trinajstić information content (AvgIpc) is 3.58. The molecule has 44 heavy (non-hydrogen) atoms. The van der Waals surface area contributed by atoms with E-state index in [1.165, 1.54) is 18.8 Å². The Balaban J connectivity index is 1.27. The van der Waals surface area contributed by atoms with Crippen molar-refractivity contribution in [2.45, 2.75) is 37.5 Å². The van der Waals surface area contributed by atoms with Gasteiger partial charge in [-0.1, -0.05) is 11.8 Å². The molecular weight excluding hydrogens is 583 g/mol. The normalized spacial score (nSPS) is 17.0. The number of rotatable bonds is 10. The Labute approximate surface area is 256 Å². The summed E-state index contributed by atoms with van der Waals surface area (Å²) in [5, 5.41) is 11.1. The number of nitrogens with one attached hydrogen (secondary N) is 1. The van der Waals surface area contributed by atoms with Crippen LogP contribution in [-0.2, 0) is 16.6 Å². The molecule has 0 unspecified atom stereocenters. The van der Waals surface area contributed by atoms with E-state index < -0.39 is 16.7 Å². The molecule has 4 aromatic heterocycles. The predicted octanol–water partition coefficient (Wildman–Crippen LogP) is 3.16. The Bertz CT molecular complexity index is 1790. The van der Waals surface area contributed by atoms with E-state index in [1.807, 2.05) is 6.07 Å². The summed E-state index contributed by atoms with van der Waals surface area (Å²) in [6, 6.07) is 3.71. The van der Waals surface area contributed by atoms with Crippen LogP contribution in [0.5, 0.6) is 0 Å². The summed E-state index contributed by atoms with van der Waals surface area (Å²) >= 11 is 0. The average molecular weight is 619 g/mol. The summed E-state index contributed by atoms with van der Waals surface area (Å²) in [5.74, 6) is 8.40. The SMILES string of the molecule is CN(C)C[C@@H]1CCCN(c2cc(Nc3ccnc(-c4cnn(S(=O)(=O)C5CC5)c4)n3)ncc2C#Cc2cnn(CCF)c2)C1. The summed E-state index contributed by atoms with van der Waals surface area (Å²) in [4.78, 5) is 18.2. The van der Waals surface area contributed by atoms with E-state index in [0.29, 0.717) is 47.3 Å². The van der Waals surface area contributed by atoms with Gasteiger partial charge in [0.15, 0.2) is 5.82 Å². The van der Waals surface area contributed by atoms with Crippen molar-refractivity contribution in [3.8, 4) is 23.2 Å². The highest BCUT2D eigenvalue weighted by Crippen LogP contribution is 2.31. The number of halogens is 1. The third kappa shape index (κ3) is 6.89. The minimum atomic E-state index is -3.48. The van der Waals surface area contributed by atoms with Gasteiger partial charge in [0.25, 0.3) is 10.0 Å². The topological polar surface area (TPSA) is 127 Å². The van der Waals surface area contributed by atoms with Crippen molar-refractivity contribution in [2.75, 3.05) is 50.6 Å². The van der Waals surface area contributed by atoms with Gasteiger partial charge in [-0.2, -0.15) is 14.3 Å². The van der Waals surface area contributed by atoms with E-state index in [4.69, 9.17) is 0 Å². The lowest BCUT2D eigenvalue weighted by Crippen LogP contribution is -2.39.